The van der Waals surface area contributed by atoms with E-state index in [9.17, 15) is 14.7 Å². The van der Waals surface area contributed by atoms with Crippen LogP contribution in [0.3, 0.4) is 0 Å². The molecule has 1 saturated heterocycles. The minimum Gasteiger partial charge on any atom is -0.468 e. The summed E-state index contributed by atoms with van der Waals surface area (Å²) in [6.45, 7) is 6.29. The number of hydrogen-bond acceptors (Lipinski definition) is 6. The number of hydrogen-bond donors (Lipinski definition) is 1. The lowest BCUT2D eigenvalue weighted by molar-refractivity contribution is -0.159. The summed E-state index contributed by atoms with van der Waals surface area (Å²) in [5, 5.41) is 9.01. The number of aliphatic hydroxyl groups is 1. The third-order valence-corrected chi connectivity index (χ3v) is 11.9. The van der Waals surface area contributed by atoms with E-state index in [2.05, 4.69) is 20.8 Å². The van der Waals surface area contributed by atoms with Gasteiger partial charge < -0.3 is 19.3 Å². The van der Waals surface area contributed by atoms with Crippen molar-refractivity contribution in [2.75, 3.05) is 20.8 Å². The van der Waals surface area contributed by atoms with Gasteiger partial charge in [0.2, 0.25) is 0 Å². The molecule has 0 saturated carbocycles. The summed E-state index contributed by atoms with van der Waals surface area (Å²) in [5.41, 5.74) is 0. The van der Waals surface area contributed by atoms with Gasteiger partial charge in [-0.1, -0.05) is 38.9 Å². The third-order valence-electron chi connectivity index (χ3n) is 5.39. The molecule has 0 aromatic rings. The second kappa shape index (κ2) is 7.57. The van der Waals surface area contributed by atoms with Crippen LogP contribution in [0, 0.1) is 5.92 Å². The highest BCUT2D eigenvalue weighted by atomic mass is 28.3. The van der Waals surface area contributed by atoms with Crippen LogP contribution in [0.5, 0.6) is 0 Å². The van der Waals surface area contributed by atoms with E-state index < -0.39 is 31.2 Å². The molecule has 1 fully saturated rings. The Balaban J connectivity index is 3.15. The molecule has 1 N–H and O–H groups in total. The molecule has 0 spiro atoms. The van der Waals surface area contributed by atoms with Gasteiger partial charge in [0.05, 0.1) is 34.1 Å². The lowest BCUT2D eigenvalue weighted by Gasteiger charge is -2.36. The quantitative estimate of drug-likeness (QED) is 0.298. The van der Waals surface area contributed by atoms with E-state index in [0.29, 0.717) is 0 Å². The normalized spacial score (nSPS) is 24.2. The van der Waals surface area contributed by atoms with Crippen molar-refractivity contribution >= 4 is 20.0 Å². The SMILES string of the molecule is CC[Si](CC)(CC)[C@@]1(CC(C(=O)OC)C(=O)OC)O[C@@H]1CO. The van der Waals surface area contributed by atoms with Crippen LogP contribution in [0.25, 0.3) is 0 Å². The molecule has 1 rings (SSSR count). The Morgan fingerprint density at radius 1 is 1.14 bits per heavy atom. The molecule has 128 valence electrons. The zero-order chi connectivity index (χ0) is 17.0. The number of methoxy groups -OCH3 is 2. The predicted octanol–water partition coefficient (Wildman–Crippen LogP) is 1.52. The van der Waals surface area contributed by atoms with Gasteiger partial charge in [0.1, 0.15) is 6.10 Å². The molecule has 1 aliphatic rings. The van der Waals surface area contributed by atoms with Crippen LogP contribution in [0.15, 0.2) is 0 Å². The topological polar surface area (TPSA) is 85.4 Å². The Labute approximate surface area is 133 Å². The van der Waals surface area contributed by atoms with Crippen LogP contribution in [0.2, 0.25) is 18.1 Å². The molecule has 1 aliphatic heterocycles. The molecular weight excluding hydrogens is 304 g/mol. The number of esters is 2. The molecule has 0 aromatic heterocycles. The standard InChI is InChI=1S/C15H28O6Si/c1-6-22(7-2,8-3)15(12(10-16)21-15)9-11(13(17)19-4)14(18)20-5/h11-12,16H,6-10H2,1-5H3/t12-,15-/m1/s1. The molecule has 1 heterocycles. The van der Waals surface area contributed by atoms with Gasteiger partial charge in [-0.2, -0.15) is 0 Å². The van der Waals surface area contributed by atoms with Crippen molar-refractivity contribution in [1.29, 1.82) is 0 Å². The van der Waals surface area contributed by atoms with Gasteiger partial charge in [0, 0.05) is 0 Å². The van der Waals surface area contributed by atoms with E-state index in [1.807, 2.05) is 0 Å². The molecule has 0 aliphatic carbocycles. The van der Waals surface area contributed by atoms with Crippen LogP contribution >= 0.6 is 0 Å². The minimum absolute atomic E-state index is 0.0934. The van der Waals surface area contributed by atoms with E-state index in [1.54, 1.807) is 0 Å². The molecular formula is C15H28O6Si. The first-order valence-corrected chi connectivity index (χ1v) is 10.5. The van der Waals surface area contributed by atoms with Gasteiger partial charge in [-0.05, 0) is 6.42 Å². The average molecular weight is 332 g/mol. The molecule has 0 bridgehead atoms. The highest BCUT2D eigenvalue weighted by molar-refractivity contribution is 6.83. The second-order valence-corrected chi connectivity index (χ2v) is 11.4. The van der Waals surface area contributed by atoms with Crippen molar-refractivity contribution in [2.24, 2.45) is 5.92 Å². The van der Waals surface area contributed by atoms with Crippen LogP contribution < -0.4 is 0 Å². The number of carbonyl (C=O) groups excluding carboxylic acids is 2. The lowest BCUT2D eigenvalue weighted by Crippen LogP contribution is -2.53. The molecule has 0 unspecified atom stereocenters. The molecule has 2 atom stereocenters. The highest BCUT2D eigenvalue weighted by Crippen LogP contribution is 2.53. The van der Waals surface area contributed by atoms with Crippen molar-refractivity contribution in [2.45, 2.75) is 56.7 Å². The largest absolute Gasteiger partial charge is 0.468 e. The molecule has 22 heavy (non-hydrogen) atoms. The van der Waals surface area contributed by atoms with Crippen molar-refractivity contribution in [3.63, 3.8) is 0 Å². The van der Waals surface area contributed by atoms with Gasteiger partial charge >= 0.3 is 11.9 Å². The molecule has 0 aromatic carbocycles. The summed E-state index contributed by atoms with van der Waals surface area (Å²) in [7, 11) is 0.617. The third kappa shape index (κ3) is 3.07. The van der Waals surface area contributed by atoms with Crippen LogP contribution in [-0.2, 0) is 23.8 Å². The van der Waals surface area contributed by atoms with Crippen LogP contribution in [0.1, 0.15) is 27.2 Å². The Morgan fingerprint density at radius 3 is 1.86 bits per heavy atom. The maximum absolute atomic E-state index is 12.0. The average Bonchev–Trinajstić information content (AvgIpc) is 3.28. The maximum atomic E-state index is 12.0. The Morgan fingerprint density at radius 2 is 1.59 bits per heavy atom. The predicted molar refractivity (Wildman–Crippen MR) is 84.0 cm³/mol. The zero-order valence-corrected chi connectivity index (χ0v) is 15.2. The highest BCUT2D eigenvalue weighted by Gasteiger charge is 2.68. The number of carbonyl (C=O) groups is 2. The summed E-state index contributed by atoms with van der Waals surface area (Å²) < 4.78 is 15.4. The van der Waals surface area contributed by atoms with Gasteiger partial charge in [-0.3, -0.25) is 9.59 Å². The van der Waals surface area contributed by atoms with Gasteiger partial charge in [0.25, 0.3) is 0 Å². The van der Waals surface area contributed by atoms with Gasteiger partial charge in [-0.15, -0.1) is 0 Å². The number of ether oxygens (including phenoxy) is 3. The van der Waals surface area contributed by atoms with E-state index in [0.717, 1.165) is 18.1 Å². The number of rotatable bonds is 9. The molecule has 6 nitrogen and oxygen atoms in total. The first-order chi connectivity index (χ1) is 10.4. The van der Waals surface area contributed by atoms with E-state index >= 15 is 0 Å². The summed E-state index contributed by atoms with van der Waals surface area (Å²) >= 11 is 0. The van der Waals surface area contributed by atoms with Crippen molar-refractivity contribution in [3.05, 3.63) is 0 Å². The minimum atomic E-state index is -1.90. The molecule has 7 heteroatoms. The number of epoxide rings is 1. The fraction of sp³-hybridized carbons (Fsp3) is 0.867. The summed E-state index contributed by atoms with van der Waals surface area (Å²) in [5.74, 6) is -2.21. The van der Waals surface area contributed by atoms with Crippen LogP contribution in [-0.4, -0.2) is 57.3 Å². The Kier molecular flexibility index (Phi) is 6.58. The van der Waals surface area contributed by atoms with E-state index in [1.165, 1.54) is 14.2 Å². The van der Waals surface area contributed by atoms with Crippen LogP contribution in [0.4, 0.5) is 0 Å². The van der Waals surface area contributed by atoms with Crippen molar-refractivity contribution in [1.82, 2.24) is 0 Å². The fourth-order valence-corrected chi connectivity index (χ4v) is 8.86. The zero-order valence-electron chi connectivity index (χ0n) is 14.2. The monoisotopic (exact) mass is 332 g/mol. The first-order valence-electron chi connectivity index (χ1n) is 7.86. The Bertz CT molecular complexity index is 385. The fourth-order valence-electron chi connectivity index (χ4n) is 3.77. The summed E-state index contributed by atoms with van der Waals surface area (Å²) in [4.78, 5) is 24.0. The van der Waals surface area contributed by atoms with Crippen molar-refractivity contribution < 1.29 is 28.9 Å². The summed E-state index contributed by atoms with van der Waals surface area (Å²) in [6, 6.07) is 2.93. The second-order valence-electron chi connectivity index (χ2n) is 5.82. The smallest absolute Gasteiger partial charge is 0.320 e. The van der Waals surface area contributed by atoms with E-state index in [-0.39, 0.29) is 19.1 Å². The first kappa shape index (κ1) is 19.1. The lowest BCUT2D eigenvalue weighted by atomic mass is 10.0. The summed E-state index contributed by atoms with van der Waals surface area (Å²) in [6.07, 6.45) is -0.0601. The van der Waals surface area contributed by atoms with Gasteiger partial charge in [-0.25, -0.2) is 0 Å². The number of aliphatic hydroxyl groups excluding tert-OH is 1. The molecule has 0 radical (unpaired) electrons. The van der Waals surface area contributed by atoms with Gasteiger partial charge in [0.15, 0.2) is 5.92 Å². The van der Waals surface area contributed by atoms with E-state index in [4.69, 9.17) is 14.2 Å². The Hall–Kier alpha value is -0.923. The van der Waals surface area contributed by atoms with Crippen molar-refractivity contribution in [3.8, 4) is 0 Å². The maximum Gasteiger partial charge on any atom is 0.320 e. The molecule has 0 amide bonds.